The van der Waals surface area contributed by atoms with Gasteiger partial charge in [-0.25, -0.2) is 8.42 Å². The van der Waals surface area contributed by atoms with Gasteiger partial charge in [-0.2, -0.15) is 4.31 Å². The van der Waals surface area contributed by atoms with Crippen molar-refractivity contribution in [3.63, 3.8) is 0 Å². The standard InChI is InChI=1S/C24H33N3O4S/c1-3-31-18-4-13-25-24(28)22-9-7-21(8-10-22)19-26-14-16-27(17-15-26)32(29,30)23-11-5-20(2)6-12-23/h5-12H,3-4,13-19H2,1-2H3,(H,25,28). The SMILES string of the molecule is CCOCCCNC(=O)c1ccc(CN2CCN(S(=O)(=O)c3ccc(C)cc3)CC2)cc1. The average molecular weight is 460 g/mol. The van der Waals surface area contributed by atoms with E-state index in [1.807, 2.05) is 50.2 Å². The number of carbonyl (C=O) groups is 1. The number of hydrogen-bond acceptors (Lipinski definition) is 5. The molecule has 1 N–H and O–H groups in total. The van der Waals surface area contributed by atoms with E-state index in [0.717, 1.165) is 24.1 Å². The van der Waals surface area contributed by atoms with Gasteiger partial charge in [-0.15, -0.1) is 0 Å². The van der Waals surface area contributed by atoms with E-state index in [9.17, 15) is 13.2 Å². The van der Waals surface area contributed by atoms with Gasteiger partial charge in [0.2, 0.25) is 10.0 Å². The number of hydrogen-bond donors (Lipinski definition) is 1. The Kier molecular flexibility index (Phi) is 8.81. The molecule has 0 aromatic heterocycles. The van der Waals surface area contributed by atoms with Gasteiger partial charge in [0.25, 0.3) is 5.91 Å². The molecule has 0 unspecified atom stereocenters. The Hall–Kier alpha value is -2.26. The first-order valence-corrected chi connectivity index (χ1v) is 12.6. The van der Waals surface area contributed by atoms with E-state index in [4.69, 9.17) is 4.74 Å². The molecule has 7 nitrogen and oxygen atoms in total. The lowest BCUT2D eigenvalue weighted by molar-refractivity contribution is 0.0944. The van der Waals surface area contributed by atoms with Crippen LogP contribution in [0.1, 0.15) is 34.8 Å². The summed E-state index contributed by atoms with van der Waals surface area (Å²) in [7, 11) is -3.45. The number of benzene rings is 2. The number of rotatable bonds is 10. The van der Waals surface area contributed by atoms with Crippen molar-refractivity contribution in [1.82, 2.24) is 14.5 Å². The Morgan fingerprint density at radius 2 is 1.66 bits per heavy atom. The molecular formula is C24H33N3O4S. The van der Waals surface area contributed by atoms with Crippen LogP contribution in [-0.4, -0.2) is 69.5 Å². The Morgan fingerprint density at radius 3 is 2.28 bits per heavy atom. The molecule has 0 spiro atoms. The summed E-state index contributed by atoms with van der Waals surface area (Å²) in [6.45, 7) is 8.84. The smallest absolute Gasteiger partial charge is 0.251 e. The third-order valence-corrected chi connectivity index (χ3v) is 7.48. The molecule has 0 aliphatic carbocycles. The van der Waals surface area contributed by atoms with Crippen LogP contribution in [0.2, 0.25) is 0 Å². The van der Waals surface area contributed by atoms with Crippen molar-refractivity contribution < 1.29 is 17.9 Å². The van der Waals surface area contributed by atoms with Crippen LogP contribution in [0.25, 0.3) is 0 Å². The van der Waals surface area contributed by atoms with Gasteiger partial charge < -0.3 is 10.1 Å². The second kappa shape index (κ2) is 11.6. The molecule has 0 radical (unpaired) electrons. The van der Waals surface area contributed by atoms with E-state index in [1.165, 1.54) is 0 Å². The van der Waals surface area contributed by atoms with Crippen molar-refractivity contribution in [2.45, 2.75) is 31.7 Å². The fraction of sp³-hybridized carbons (Fsp3) is 0.458. The van der Waals surface area contributed by atoms with Gasteiger partial charge in [0.1, 0.15) is 0 Å². The minimum absolute atomic E-state index is 0.0806. The van der Waals surface area contributed by atoms with E-state index < -0.39 is 10.0 Å². The van der Waals surface area contributed by atoms with Crippen LogP contribution in [0.5, 0.6) is 0 Å². The van der Waals surface area contributed by atoms with E-state index >= 15 is 0 Å². The third kappa shape index (κ3) is 6.62. The van der Waals surface area contributed by atoms with Gasteiger partial charge >= 0.3 is 0 Å². The topological polar surface area (TPSA) is 79.0 Å². The minimum atomic E-state index is -3.45. The Morgan fingerprint density at radius 1 is 1.00 bits per heavy atom. The Balaban J connectivity index is 1.47. The average Bonchev–Trinajstić information content (AvgIpc) is 2.80. The molecule has 2 aromatic rings. The molecular weight excluding hydrogens is 426 g/mol. The van der Waals surface area contributed by atoms with Crippen LogP contribution in [-0.2, 0) is 21.3 Å². The van der Waals surface area contributed by atoms with Crippen molar-refractivity contribution in [2.24, 2.45) is 0 Å². The van der Waals surface area contributed by atoms with Crippen LogP contribution < -0.4 is 5.32 Å². The Labute approximate surface area is 191 Å². The van der Waals surface area contributed by atoms with Crippen LogP contribution >= 0.6 is 0 Å². The first-order valence-electron chi connectivity index (χ1n) is 11.1. The molecule has 1 aliphatic heterocycles. The fourth-order valence-electron chi connectivity index (χ4n) is 3.63. The molecule has 0 bridgehead atoms. The first kappa shape index (κ1) is 24.4. The van der Waals surface area contributed by atoms with E-state index in [0.29, 0.717) is 56.4 Å². The number of nitrogens with zero attached hydrogens (tertiary/aromatic N) is 2. The second-order valence-electron chi connectivity index (χ2n) is 8.00. The summed E-state index contributed by atoms with van der Waals surface area (Å²) in [4.78, 5) is 14.8. The quantitative estimate of drug-likeness (QED) is 0.553. The zero-order valence-electron chi connectivity index (χ0n) is 18.9. The third-order valence-electron chi connectivity index (χ3n) is 5.57. The summed E-state index contributed by atoms with van der Waals surface area (Å²) in [5.74, 6) is -0.0806. The highest BCUT2D eigenvalue weighted by Crippen LogP contribution is 2.19. The maximum atomic E-state index is 12.9. The first-order chi connectivity index (χ1) is 15.4. The van der Waals surface area contributed by atoms with Gasteiger partial charge in [0.15, 0.2) is 0 Å². The number of aryl methyl sites for hydroxylation is 1. The fourth-order valence-corrected chi connectivity index (χ4v) is 5.05. The van der Waals surface area contributed by atoms with Crippen LogP contribution in [0.4, 0.5) is 0 Å². The zero-order chi connectivity index (χ0) is 23.0. The summed E-state index contributed by atoms with van der Waals surface area (Å²) in [5.41, 5.74) is 2.78. The van der Waals surface area contributed by atoms with Crippen molar-refractivity contribution >= 4 is 15.9 Å². The summed E-state index contributed by atoms with van der Waals surface area (Å²) >= 11 is 0. The predicted molar refractivity (Wildman–Crippen MR) is 125 cm³/mol. The number of piperazine rings is 1. The zero-order valence-corrected chi connectivity index (χ0v) is 19.7. The normalized spacial score (nSPS) is 15.6. The molecule has 1 saturated heterocycles. The van der Waals surface area contributed by atoms with E-state index in [-0.39, 0.29) is 5.91 Å². The number of nitrogens with one attached hydrogen (secondary N) is 1. The number of sulfonamides is 1. The number of carbonyl (C=O) groups excluding carboxylic acids is 1. The van der Waals surface area contributed by atoms with Gasteiger partial charge in [-0.1, -0.05) is 29.8 Å². The highest BCUT2D eigenvalue weighted by molar-refractivity contribution is 7.89. The van der Waals surface area contributed by atoms with Crippen molar-refractivity contribution in [2.75, 3.05) is 45.9 Å². The minimum Gasteiger partial charge on any atom is -0.382 e. The molecule has 1 heterocycles. The monoisotopic (exact) mass is 459 g/mol. The largest absolute Gasteiger partial charge is 0.382 e. The van der Waals surface area contributed by atoms with E-state index in [2.05, 4.69) is 10.2 Å². The molecule has 3 rings (SSSR count). The maximum absolute atomic E-state index is 12.9. The lowest BCUT2D eigenvalue weighted by Crippen LogP contribution is -2.48. The Bertz CT molecular complexity index is 967. The molecule has 1 fully saturated rings. The predicted octanol–water partition coefficient (Wildman–Crippen LogP) is 2.66. The second-order valence-corrected chi connectivity index (χ2v) is 9.93. The van der Waals surface area contributed by atoms with Crippen molar-refractivity contribution in [3.8, 4) is 0 Å². The number of ether oxygens (including phenoxy) is 1. The van der Waals surface area contributed by atoms with Gasteiger partial charge in [-0.05, 0) is 50.1 Å². The molecule has 8 heteroatoms. The van der Waals surface area contributed by atoms with Crippen LogP contribution in [0.15, 0.2) is 53.4 Å². The summed E-state index contributed by atoms with van der Waals surface area (Å²) < 4.78 is 32.5. The molecule has 2 aromatic carbocycles. The van der Waals surface area contributed by atoms with Gasteiger partial charge in [-0.3, -0.25) is 9.69 Å². The summed E-state index contributed by atoms with van der Waals surface area (Å²) in [6.07, 6.45) is 0.795. The molecule has 1 aliphatic rings. The molecule has 0 saturated carbocycles. The van der Waals surface area contributed by atoms with Crippen LogP contribution in [0, 0.1) is 6.92 Å². The van der Waals surface area contributed by atoms with Crippen LogP contribution in [0.3, 0.4) is 0 Å². The summed E-state index contributed by atoms with van der Waals surface area (Å²) in [6, 6.07) is 14.6. The van der Waals surface area contributed by atoms with Gasteiger partial charge in [0, 0.05) is 58.0 Å². The van der Waals surface area contributed by atoms with Gasteiger partial charge in [0.05, 0.1) is 4.90 Å². The highest BCUT2D eigenvalue weighted by atomic mass is 32.2. The lowest BCUT2D eigenvalue weighted by Gasteiger charge is -2.34. The lowest BCUT2D eigenvalue weighted by atomic mass is 10.1. The molecule has 174 valence electrons. The summed E-state index contributed by atoms with van der Waals surface area (Å²) in [5, 5.41) is 2.90. The molecule has 1 amide bonds. The van der Waals surface area contributed by atoms with Crippen molar-refractivity contribution in [3.05, 3.63) is 65.2 Å². The number of amides is 1. The van der Waals surface area contributed by atoms with E-state index in [1.54, 1.807) is 16.4 Å². The molecule has 32 heavy (non-hydrogen) atoms. The van der Waals surface area contributed by atoms with Crippen molar-refractivity contribution in [1.29, 1.82) is 0 Å². The highest BCUT2D eigenvalue weighted by Gasteiger charge is 2.28. The molecule has 0 atom stereocenters. The maximum Gasteiger partial charge on any atom is 0.251 e.